The molecule has 0 radical (unpaired) electrons. The molecule has 1 aliphatic rings. The molecule has 0 N–H and O–H groups in total. The van der Waals surface area contributed by atoms with E-state index in [0.29, 0.717) is 37.6 Å². The average Bonchev–Trinajstić information content (AvgIpc) is 3.48. The molecule has 11 nitrogen and oxygen atoms in total. The van der Waals surface area contributed by atoms with E-state index in [1.165, 1.54) is 11.0 Å². The first-order chi connectivity index (χ1) is 16.0. The molecule has 33 heavy (non-hydrogen) atoms. The topological polar surface area (TPSA) is 111 Å². The third kappa shape index (κ3) is 4.16. The number of anilines is 1. The molecule has 0 atom stereocenters. The minimum Gasteiger partial charge on any atom is -0.353 e. The minimum absolute atomic E-state index is 0.00762. The number of carbonyl (C=O) groups is 1. The predicted molar refractivity (Wildman–Crippen MR) is 121 cm³/mol. The Morgan fingerprint density at radius 1 is 0.939 bits per heavy atom. The summed E-state index contributed by atoms with van der Waals surface area (Å²) in [7, 11) is 0. The maximum absolute atomic E-state index is 13.1. The highest BCUT2D eigenvalue weighted by atomic mass is 16.2. The monoisotopic (exact) mass is 444 g/mol. The van der Waals surface area contributed by atoms with E-state index in [1.807, 2.05) is 60.7 Å². The van der Waals surface area contributed by atoms with Gasteiger partial charge in [0.15, 0.2) is 5.82 Å². The van der Waals surface area contributed by atoms with Gasteiger partial charge in [0.05, 0.1) is 11.4 Å². The molecular formula is C22H24N10O. The van der Waals surface area contributed by atoms with Crippen molar-refractivity contribution in [3.63, 3.8) is 0 Å². The minimum atomic E-state index is -0.00762. The van der Waals surface area contributed by atoms with Crippen LogP contribution in [0.15, 0.2) is 42.7 Å². The second kappa shape index (κ2) is 8.41. The standard InChI is InChI=1S/C22H24N10O/c1-15-11-16(2)32(26-15)21-13-20(24-17(3)25-21)29-7-9-30(10-8-29)22(33)18-5-4-6-19(12-18)31-14-23-27-28-31/h4-6,11-14H,7-10H2,1-3H3. The summed E-state index contributed by atoms with van der Waals surface area (Å²) < 4.78 is 3.37. The highest BCUT2D eigenvalue weighted by Crippen LogP contribution is 2.20. The van der Waals surface area contributed by atoms with Crippen LogP contribution in [0.25, 0.3) is 11.5 Å². The van der Waals surface area contributed by atoms with Crippen LogP contribution in [-0.4, -0.2) is 76.9 Å². The van der Waals surface area contributed by atoms with E-state index >= 15 is 0 Å². The Balaban J connectivity index is 1.30. The smallest absolute Gasteiger partial charge is 0.254 e. The first kappa shape index (κ1) is 20.7. The lowest BCUT2D eigenvalue weighted by Crippen LogP contribution is -2.49. The third-order valence-corrected chi connectivity index (χ3v) is 5.64. The highest BCUT2D eigenvalue weighted by Gasteiger charge is 2.24. The molecule has 1 aromatic carbocycles. The van der Waals surface area contributed by atoms with Crippen LogP contribution in [0.5, 0.6) is 0 Å². The zero-order chi connectivity index (χ0) is 22.9. The van der Waals surface area contributed by atoms with Gasteiger partial charge in [-0.25, -0.2) is 19.3 Å². The summed E-state index contributed by atoms with van der Waals surface area (Å²) in [5, 5.41) is 15.7. The summed E-state index contributed by atoms with van der Waals surface area (Å²) in [6.45, 7) is 8.44. The lowest BCUT2D eigenvalue weighted by Gasteiger charge is -2.35. The molecular weight excluding hydrogens is 420 g/mol. The van der Waals surface area contributed by atoms with E-state index in [9.17, 15) is 4.79 Å². The summed E-state index contributed by atoms with van der Waals surface area (Å²) >= 11 is 0. The number of aryl methyl sites for hydroxylation is 3. The van der Waals surface area contributed by atoms with E-state index in [0.717, 1.165) is 28.7 Å². The molecule has 1 amide bonds. The largest absolute Gasteiger partial charge is 0.353 e. The van der Waals surface area contributed by atoms with Gasteiger partial charge < -0.3 is 9.80 Å². The van der Waals surface area contributed by atoms with Crippen molar-refractivity contribution in [1.29, 1.82) is 0 Å². The Hall–Kier alpha value is -4.15. The van der Waals surface area contributed by atoms with E-state index in [1.54, 1.807) is 6.07 Å². The van der Waals surface area contributed by atoms with Gasteiger partial charge in [-0.05, 0) is 55.5 Å². The van der Waals surface area contributed by atoms with Crippen LogP contribution >= 0.6 is 0 Å². The molecule has 1 saturated heterocycles. The zero-order valence-electron chi connectivity index (χ0n) is 18.8. The van der Waals surface area contributed by atoms with Crippen LogP contribution in [-0.2, 0) is 0 Å². The van der Waals surface area contributed by atoms with Gasteiger partial charge in [-0.3, -0.25) is 4.79 Å². The number of nitrogens with zero attached hydrogens (tertiary/aromatic N) is 10. The van der Waals surface area contributed by atoms with Crippen molar-refractivity contribution in [3.8, 4) is 11.5 Å². The van der Waals surface area contributed by atoms with Crippen molar-refractivity contribution in [2.45, 2.75) is 20.8 Å². The molecule has 3 aromatic heterocycles. The van der Waals surface area contributed by atoms with Crippen molar-refractivity contribution in [1.82, 2.24) is 44.9 Å². The number of benzene rings is 1. The van der Waals surface area contributed by atoms with Gasteiger partial charge in [0, 0.05) is 43.5 Å². The Morgan fingerprint density at radius 2 is 1.73 bits per heavy atom. The SMILES string of the molecule is Cc1cc(C)n(-c2cc(N3CCN(C(=O)c4cccc(-n5cnnn5)c4)CC3)nc(C)n2)n1. The van der Waals surface area contributed by atoms with Crippen molar-refractivity contribution >= 4 is 11.7 Å². The maximum atomic E-state index is 13.1. The predicted octanol–water partition coefficient (Wildman–Crippen LogP) is 1.53. The van der Waals surface area contributed by atoms with Gasteiger partial charge in [-0.1, -0.05) is 6.07 Å². The number of carbonyl (C=O) groups excluding carboxylic acids is 1. The summed E-state index contributed by atoms with van der Waals surface area (Å²) in [5.74, 6) is 2.28. The lowest BCUT2D eigenvalue weighted by molar-refractivity contribution is 0.0746. The summed E-state index contributed by atoms with van der Waals surface area (Å²) in [6.07, 6.45) is 1.51. The number of tetrazole rings is 1. The number of hydrogen-bond donors (Lipinski definition) is 0. The van der Waals surface area contributed by atoms with E-state index in [4.69, 9.17) is 0 Å². The fraction of sp³-hybridized carbons (Fsp3) is 0.318. The molecule has 4 aromatic rings. The highest BCUT2D eigenvalue weighted by molar-refractivity contribution is 5.95. The molecule has 1 aliphatic heterocycles. The number of piperazine rings is 1. The molecule has 0 saturated carbocycles. The fourth-order valence-corrected chi connectivity index (χ4v) is 4.05. The van der Waals surface area contributed by atoms with Crippen LogP contribution in [0.3, 0.4) is 0 Å². The van der Waals surface area contributed by atoms with Gasteiger partial charge in [0.2, 0.25) is 0 Å². The number of amides is 1. The lowest BCUT2D eigenvalue weighted by atomic mass is 10.1. The van der Waals surface area contributed by atoms with Gasteiger partial charge in [0.25, 0.3) is 5.91 Å². The number of aromatic nitrogens is 8. The van der Waals surface area contributed by atoms with Crippen LogP contribution in [0.2, 0.25) is 0 Å². The Bertz CT molecular complexity index is 1290. The number of hydrogen-bond acceptors (Lipinski definition) is 8. The fourth-order valence-electron chi connectivity index (χ4n) is 4.05. The van der Waals surface area contributed by atoms with Gasteiger partial charge >= 0.3 is 0 Å². The molecule has 0 spiro atoms. The molecule has 4 heterocycles. The maximum Gasteiger partial charge on any atom is 0.254 e. The Labute approximate surface area is 190 Å². The van der Waals surface area contributed by atoms with Crippen LogP contribution in [0, 0.1) is 20.8 Å². The Kier molecular flexibility index (Phi) is 5.29. The second-order valence-corrected chi connectivity index (χ2v) is 8.05. The van der Waals surface area contributed by atoms with E-state index in [-0.39, 0.29) is 5.91 Å². The normalized spacial score (nSPS) is 14.0. The van der Waals surface area contributed by atoms with Gasteiger partial charge in [-0.2, -0.15) is 5.10 Å². The molecule has 0 aliphatic carbocycles. The first-order valence-corrected chi connectivity index (χ1v) is 10.7. The zero-order valence-corrected chi connectivity index (χ0v) is 18.8. The average molecular weight is 445 g/mol. The molecule has 168 valence electrons. The van der Waals surface area contributed by atoms with Crippen LogP contribution in [0.1, 0.15) is 27.6 Å². The summed E-state index contributed by atoms with van der Waals surface area (Å²) in [5.41, 5.74) is 3.33. The molecule has 0 bridgehead atoms. The van der Waals surface area contributed by atoms with Gasteiger partial charge in [0.1, 0.15) is 18.0 Å². The van der Waals surface area contributed by atoms with E-state index in [2.05, 4.69) is 35.5 Å². The molecule has 1 fully saturated rings. The molecule has 11 heteroatoms. The van der Waals surface area contributed by atoms with Crippen molar-refractivity contribution in [2.75, 3.05) is 31.1 Å². The van der Waals surface area contributed by atoms with Crippen molar-refractivity contribution in [2.24, 2.45) is 0 Å². The van der Waals surface area contributed by atoms with E-state index < -0.39 is 0 Å². The second-order valence-electron chi connectivity index (χ2n) is 8.05. The van der Waals surface area contributed by atoms with Crippen molar-refractivity contribution in [3.05, 3.63) is 65.5 Å². The molecule has 5 rings (SSSR count). The van der Waals surface area contributed by atoms with Gasteiger partial charge in [-0.15, -0.1) is 5.10 Å². The van der Waals surface area contributed by atoms with Crippen LogP contribution in [0.4, 0.5) is 5.82 Å². The Morgan fingerprint density at radius 3 is 2.42 bits per heavy atom. The van der Waals surface area contributed by atoms with Crippen LogP contribution < -0.4 is 4.90 Å². The number of rotatable bonds is 4. The summed E-state index contributed by atoms with van der Waals surface area (Å²) in [6, 6.07) is 11.3. The quantitative estimate of drug-likeness (QED) is 0.466. The van der Waals surface area contributed by atoms with Crippen molar-refractivity contribution < 1.29 is 4.79 Å². The molecule has 0 unspecified atom stereocenters. The first-order valence-electron chi connectivity index (χ1n) is 10.7. The third-order valence-electron chi connectivity index (χ3n) is 5.64. The summed E-state index contributed by atoms with van der Waals surface area (Å²) in [4.78, 5) is 26.4.